The van der Waals surface area contributed by atoms with Crippen LogP contribution in [0.25, 0.3) is 0 Å². The van der Waals surface area contributed by atoms with Gasteiger partial charge in [-0.1, -0.05) is 0 Å². The molecule has 2 N–H and O–H groups in total. The summed E-state index contributed by atoms with van der Waals surface area (Å²) in [7, 11) is 0. The minimum Gasteiger partial charge on any atom is -0.341 e. The zero-order chi connectivity index (χ0) is 12.1. The van der Waals surface area contributed by atoms with E-state index in [4.69, 9.17) is 5.73 Å². The van der Waals surface area contributed by atoms with E-state index >= 15 is 0 Å². The van der Waals surface area contributed by atoms with Crippen LogP contribution in [0.2, 0.25) is 0 Å². The molecule has 0 atom stereocenters. The smallest absolute Gasteiger partial charge is 0.223 e. The van der Waals surface area contributed by atoms with Crippen LogP contribution in [0.3, 0.4) is 0 Å². The van der Waals surface area contributed by atoms with Crippen LogP contribution in [0.1, 0.15) is 52.9 Å². The Balaban J connectivity index is 2.38. The molecular weight excluding hydrogens is 200 g/mol. The molecular formula is C13H26N2O. The van der Waals surface area contributed by atoms with Gasteiger partial charge in [0.05, 0.1) is 0 Å². The van der Waals surface area contributed by atoms with E-state index in [9.17, 15) is 4.79 Å². The second kappa shape index (κ2) is 6.24. The van der Waals surface area contributed by atoms with Gasteiger partial charge in [0.1, 0.15) is 0 Å². The van der Waals surface area contributed by atoms with Gasteiger partial charge in [-0.05, 0) is 52.4 Å². The van der Waals surface area contributed by atoms with E-state index in [2.05, 4.69) is 20.8 Å². The first kappa shape index (κ1) is 13.5. The van der Waals surface area contributed by atoms with Gasteiger partial charge in [0.25, 0.3) is 0 Å². The molecule has 94 valence electrons. The van der Waals surface area contributed by atoms with Gasteiger partial charge in [-0.2, -0.15) is 0 Å². The highest BCUT2D eigenvalue weighted by atomic mass is 16.2. The number of hydrogen-bond donors (Lipinski definition) is 1. The molecule has 1 saturated carbocycles. The largest absolute Gasteiger partial charge is 0.341 e. The van der Waals surface area contributed by atoms with Crippen LogP contribution in [0.4, 0.5) is 0 Å². The maximum absolute atomic E-state index is 12.1. The predicted molar refractivity (Wildman–Crippen MR) is 67.1 cm³/mol. The molecule has 1 rings (SSSR count). The molecule has 1 aliphatic carbocycles. The van der Waals surface area contributed by atoms with E-state index in [0.29, 0.717) is 23.9 Å². The number of carbonyl (C=O) groups is 1. The Hall–Kier alpha value is -0.570. The summed E-state index contributed by atoms with van der Waals surface area (Å²) < 4.78 is 0. The molecule has 0 spiro atoms. The lowest BCUT2D eigenvalue weighted by molar-refractivity contribution is -0.133. The average molecular weight is 226 g/mol. The van der Waals surface area contributed by atoms with E-state index < -0.39 is 0 Å². The summed E-state index contributed by atoms with van der Waals surface area (Å²) in [6, 6.07) is 0.696. The maximum Gasteiger partial charge on any atom is 0.223 e. The van der Waals surface area contributed by atoms with Crippen molar-refractivity contribution in [3.05, 3.63) is 0 Å². The third-order valence-corrected chi connectivity index (χ3v) is 3.64. The normalized spacial score (nSPS) is 25.8. The zero-order valence-electron chi connectivity index (χ0n) is 10.9. The summed E-state index contributed by atoms with van der Waals surface area (Å²) in [5.74, 6) is 0.887. The van der Waals surface area contributed by atoms with Crippen molar-refractivity contribution in [3.8, 4) is 0 Å². The molecule has 0 aromatic heterocycles. The summed E-state index contributed by atoms with van der Waals surface area (Å²) >= 11 is 0. The van der Waals surface area contributed by atoms with Crippen LogP contribution in [0.15, 0.2) is 0 Å². The van der Waals surface area contributed by atoms with Crippen molar-refractivity contribution in [1.29, 1.82) is 0 Å². The van der Waals surface area contributed by atoms with Crippen molar-refractivity contribution in [2.24, 2.45) is 11.7 Å². The third-order valence-electron chi connectivity index (χ3n) is 3.64. The average Bonchev–Trinajstić information content (AvgIpc) is 2.22. The summed E-state index contributed by atoms with van der Waals surface area (Å²) in [5, 5.41) is 0. The van der Waals surface area contributed by atoms with Crippen LogP contribution in [-0.4, -0.2) is 29.4 Å². The number of nitrogens with zero attached hydrogens (tertiary/aromatic N) is 1. The van der Waals surface area contributed by atoms with Gasteiger partial charge in [-0.15, -0.1) is 0 Å². The Bertz CT molecular complexity index is 220. The minimum atomic E-state index is 0.318. The lowest BCUT2D eigenvalue weighted by Crippen LogP contribution is -2.38. The van der Waals surface area contributed by atoms with Crippen molar-refractivity contribution in [2.45, 2.75) is 65.0 Å². The molecule has 0 saturated heterocycles. The van der Waals surface area contributed by atoms with Gasteiger partial charge in [0.15, 0.2) is 0 Å². The molecule has 0 radical (unpaired) electrons. The molecule has 0 aromatic carbocycles. The molecule has 1 fully saturated rings. The van der Waals surface area contributed by atoms with Crippen molar-refractivity contribution in [3.63, 3.8) is 0 Å². The monoisotopic (exact) mass is 226 g/mol. The van der Waals surface area contributed by atoms with Crippen LogP contribution in [0.5, 0.6) is 0 Å². The van der Waals surface area contributed by atoms with Crippen molar-refractivity contribution in [1.82, 2.24) is 4.90 Å². The van der Waals surface area contributed by atoms with Gasteiger partial charge in [-0.25, -0.2) is 0 Å². The number of hydrogen-bond acceptors (Lipinski definition) is 2. The topological polar surface area (TPSA) is 46.3 Å². The summed E-state index contributed by atoms with van der Waals surface area (Å²) in [6.07, 6.45) is 5.15. The molecule has 16 heavy (non-hydrogen) atoms. The Morgan fingerprint density at radius 2 is 1.88 bits per heavy atom. The van der Waals surface area contributed by atoms with E-state index in [1.54, 1.807) is 0 Å². The minimum absolute atomic E-state index is 0.318. The second-order valence-electron chi connectivity index (χ2n) is 5.26. The second-order valence-corrected chi connectivity index (χ2v) is 5.26. The quantitative estimate of drug-likeness (QED) is 0.798. The number of carbonyl (C=O) groups excluding carboxylic acids is 1. The molecule has 3 nitrogen and oxygen atoms in total. The summed E-state index contributed by atoms with van der Waals surface area (Å²) in [6.45, 7) is 7.04. The number of rotatable bonds is 4. The van der Waals surface area contributed by atoms with E-state index in [1.807, 2.05) is 4.90 Å². The Morgan fingerprint density at radius 1 is 1.31 bits per heavy atom. The molecule has 0 aliphatic heterocycles. The summed E-state index contributed by atoms with van der Waals surface area (Å²) in [4.78, 5) is 14.0. The van der Waals surface area contributed by atoms with Crippen molar-refractivity contribution >= 4 is 5.91 Å². The zero-order valence-corrected chi connectivity index (χ0v) is 10.9. The number of nitrogens with two attached hydrogens (primary N) is 1. The highest BCUT2D eigenvalue weighted by molar-refractivity contribution is 5.76. The highest BCUT2D eigenvalue weighted by Gasteiger charge is 2.23. The molecule has 1 amide bonds. The van der Waals surface area contributed by atoms with Gasteiger partial charge in [0, 0.05) is 25.0 Å². The highest BCUT2D eigenvalue weighted by Crippen LogP contribution is 2.26. The SMILES string of the molecule is CCN(C(=O)CC1CCC(N)CC1)C(C)C. The first-order valence-corrected chi connectivity index (χ1v) is 6.59. The van der Waals surface area contributed by atoms with Gasteiger partial charge < -0.3 is 10.6 Å². The van der Waals surface area contributed by atoms with E-state index in [-0.39, 0.29) is 0 Å². The van der Waals surface area contributed by atoms with Crippen molar-refractivity contribution in [2.75, 3.05) is 6.54 Å². The van der Waals surface area contributed by atoms with E-state index in [1.165, 1.54) is 0 Å². The molecule has 0 heterocycles. The third kappa shape index (κ3) is 3.78. The number of amides is 1. The Kier molecular flexibility index (Phi) is 5.26. The first-order valence-electron chi connectivity index (χ1n) is 6.59. The van der Waals surface area contributed by atoms with Gasteiger partial charge in [-0.3, -0.25) is 4.79 Å². The van der Waals surface area contributed by atoms with Gasteiger partial charge >= 0.3 is 0 Å². The molecule has 0 unspecified atom stereocenters. The fourth-order valence-corrected chi connectivity index (χ4v) is 2.59. The van der Waals surface area contributed by atoms with Crippen LogP contribution in [-0.2, 0) is 4.79 Å². The lowest BCUT2D eigenvalue weighted by Gasteiger charge is -2.30. The Morgan fingerprint density at radius 3 is 2.31 bits per heavy atom. The van der Waals surface area contributed by atoms with Crippen LogP contribution >= 0.6 is 0 Å². The molecule has 0 aromatic rings. The lowest BCUT2D eigenvalue weighted by atomic mass is 9.84. The van der Waals surface area contributed by atoms with Crippen molar-refractivity contribution < 1.29 is 4.79 Å². The van der Waals surface area contributed by atoms with Crippen LogP contribution in [0, 0.1) is 5.92 Å². The molecule has 1 aliphatic rings. The standard InChI is InChI=1S/C13H26N2O/c1-4-15(10(2)3)13(16)9-11-5-7-12(14)8-6-11/h10-12H,4-9,14H2,1-3H3. The molecule has 0 bridgehead atoms. The van der Waals surface area contributed by atoms with Crippen LogP contribution < -0.4 is 5.73 Å². The summed E-state index contributed by atoms with van der Waals surface area (Å²) in [5.41, 5.74) is 5.87. The van der Waals surface area contributed by atoms with Gasteiger partial charge in [0.2, 0.25) is 5.91 Å². The Labute approximate surface area is 99.4 Å². The fourth-order valence-electron chi connectivity index (χ4n) is 2.59. The van der Waals surface area contributed by atoms with E-state index in [0.717, 1.165) is 38.6 Å². The fraction of sp³-hybridized carbons (Fsp3) is 0.923. The first-order chi connectivity index (χ1) is 7.54. The molecule has 3 heteroatoms. The predicted octanol–water partition coefficient (Wildman–Crippen LogP) is 2.15. The maximum atomic E-state index is 12.1.